The van der Waals surface area contributed by atoms with Crippen LogP contribution in [0.3, 0.4) is 0 Å². The van der Waals surface area contributed by atoms with Crippen molar-refractivity contribution in [3.8, 4) is 11.8 Å². The second-order valence-electron chi connectivity index (χ2n) is 7.45. The highest BCUT2D eigenvalue weighted by Gasteiger charge is 2.20. The first kappa shape index (κ1) is 21.7. The predicted molar refractivity (Wildman–Crippen MR) is 130 cm³/mol. The quantitative estimate of drug-likeness (QED) is 0.394. The molecule has 6 nitrogen and oxygen atoms in total. The summed E-state index contributed by atoms with van der Waals surface area (Å²) in [7, 11) is 0. The van der Waals surface area contributed by atoms with E-state index in [0.717, 1.165) is 48.0 Å². The van der Waals surface area contributed by atoms with Crippen molar-refractivity contribution in [2.24, 2.45) is 4.99 Å². The second kappa shape index (κ2) is 10.2. The average molecular weight is 445 g/mol. The molecule has 2 aromatic carbocycles. The van der Waals surface area contributed by atoms with Crippen LogP contribution in [0.4, 0.5) is 0 Å². The Labute approximate surface area is 191 Å². The van der Waals surface area contributed by atoms with Gasteiger partial charge < -0.3 is 9.30 Å². The summed E-state index contributed by atoms with van der Waals surface area (Å²) in [4.78, 5) is 16.5. The first-order valence-corrected chi connectivity index (χ1v) is 11.8. The number of hydrogen-bond donors (Lipinski definition) is 1. The van der Waals surface area contributed by atoms with Crippen molar-refractivity contribution in [3.63, 3.8) is 0 Å². The number of ether oxygens (including phenoxy) is 1. The maximum absolute atomic E-state index is 12.2. The lowest BCUT2D eigenvalue weighted by Crippen LogP contribution is -2.21. The third-order valence-corrected chi connectivity index (χ3v) is 5.86. The van der Waals surface area contributed by atoms with E-state index in [9.17, 15) is 4.79 Å². The van der Waals surface area contributed by atoms with Gasteiger partial charge in [0.2, 0.25) is 0 Å². The van der Waals surface area contributed by atoms with E-state index < -0.39 is 0 Å². The topological polar surface area (TPSA) is 79.4 Å². The van der Waals surface area contributed by atoms with E-state index in [1.165, 1.54) is 11.8 Å². The Kier molecular flexibility index (Phi) is 6.93. The number of aromatic nitrogens is 1. The van der Waals surface area contributed by atoms with Gasteiger partial charge in [0.25, 0.3) is 5.91 Å². The Hall–Kier alpha value is -3.50. The van der Waals surface area contributed by atoms with Gasteiger partial charge in [0.05, 0.1) is 18.2 Å². The molecule has 3 aromatic rings. The third-order valence-electron chi connectivity index (χ3n) is 5.28. The molecular formula is C25H24N4O2S. The lowest BCUT2D eigenvalue weighted by molar-refractivity contribution is -0.115. The molecule has 1 aliphatic heterocycles. The summed E-state index contributed by atoms with van der Waals surface area (Å²) in [6.45, 7) is 1.55. The summed E-state index contributed by atoms with van der Waals surface area (Å²) in [6, 6.07) is 17.5. The van der Waals surface area contributed by atoms with Crippen LogP contribution in [0, 0.1) is 11.3 Å². The van der Waals surface area contributed by atoms with Crippen LogP contribution >= 0.6 is 11.8 Å². The number of nitriles is 1. The molecule has 0 aliphatic carbocycles. The van der Waals surface area contributed by atoms with Crippen molar-refractivity contribution in [3.05, 3.63) is 71.6 Å². The Bertz CT molecular complexity index is 1220. The molecule has 1 aromatic heterocycles. The minimum atomic E-state index is -0.159. The maximum Gasteiger partial charge on any atom is 0.275 e. The number of amidine groups is 1. The van der Waals surface area contributed by atoms with Gasteiger partial charge in [-0.25, -0.2) is 4.99 Å². The van der Waals surface area contributed by atoms with Gasteiger partial charge >= 0.3 is 0 Å². The van der Waals surface area contributed by atoms with E-state index in [0.29, 0.717) is 23.0 Å². The number of hydrogen-bond acceptors (Lipinski definition) is 5. The van der Waals surface area contributed by atoms with Crippen LogP contribution in [-0.4, -0.2) is 28.5 Å². The normalized spacial score (nSPS) is 14.4. The standard InChI is InChI=1S/C25H24N4O2S/c1-32-25-27-22(24(30)28-25)15-19-17-29(23-8-4-3-7-21(19)23)13-5-2-6-14-31-20-11-9-18(16-26)10-12-20/h3-4,7-12,15,17H,2,5-6,13-14H2,1H3,(H,27,28,30)/b22-15-. The first-order chi connectivity index (χ1) is 15.7. The molecule has 0 fully saturated rings. The van der Waals surface area contributed by atoms with E-state index >= 15 is 0 Å². The number of carbonyl (C=O) groups is 1. The maximum atomic E-state index is 12.2. The number of thioether (sulfide) groups is 1. The number of para-hydroxylation sites is 1. The van der Waals surface area contributed by atoms with Gasteiger partial charge in [-0.1, -0.05) is 30.0 Å². The highest BCUT2D eigenvalue weighted by atomic mass is 32.2. The van der Waals surface area contributed by atoms with Crippen LogP contribution in [-0.2, 0) is 11.3 Å². The Morgan fingerprint density at radius 3 is 2.72 bits per heavy atom. The summed E-state index contributed by atoms with van der Waals surface area (Å²) in [5, 5.41) is 13.4. The number of unbranched alkanes of at least 4 members (excludes halogenated alkanes) is 2. The van der Waals surface area contributed by atoms with Gasteiger partial charge in [-0.2, -0.15) is 5.26 Å². The second-order valence-corrected chi connectivity index (χ2v) is 8.24. The highest BCUT2D eigenvalue weighted by molar-refractivity contribution is 8.13. The van der Waals surface area contributed by atoms with Crippen molar-refractivity contribution in [1.29, 1.82) is 5.26 Å². The molecule has 0 unspecified atom stereocenters. The number of benzene rings is 2. The van der Waals surface area contributed by atoms with E-state index in [4.69, 9.17) is 10.00 Å². The zero-order chi connectivity index (χ0) is 22.3. The molecule has 1 aliphatic rings. The Morgan fingerprint density at radius 2 is 1.97 bits per heavy atom. The minimum absolute atomic E-state index is 0.159. The largest absolute Gasteiger partial charge is 0.494 e. The van der Waals surface area contributed by atoms with Crippen molar-refractivity contribution in [2.45, 2.75) is 25.8 Å². The average Bonchev–Trinajstić information content (AvgIpc) is 3.36. The van der Waals surface area contributed by atoms with Crippen molar-refractivity contribution >= 4 is 39.8 Å². The summed E-state index contributed by atoms with van der Waals surface area (Å²) in [5.41, 5.74) is 3.23. The van der Waals surface area contributed by atoms with Gasteiger partial charge in [0, 0.05) is 29.2 Å². The third kappa shape index (κ3) is 5.04. The summed E-state index contributed by atoms with van der Waals surface area (Å²) >= 11 is 1.43. The molecule has 0 radical (unpaired) electrons. The Balaban J connectivity index is 1.35. The van der Waals surface area contributed by atoms with Gasteiger partial charge in [0.15, 0.2) is 5.17 Å². The zero-order valence-corrected chi connectivity index (χ0v) is 18.7. The van der Waals surface area contributed by atoms with E-state index in [-0.39, 0.29) is 5.91 Å². The van der Waals surface area contributed by atoms with Gasteiger partial charge in [-0.05, 0) is 61.9 Å². The molecule has 0 spiro atoms. The van der Waals surface area contributed by atoms with E-state index in [1.54, 1.807) is 12.1 Å². The number of carbonyl (C=O) groups excluding carboxylic acids is 1. The van der Waals surface area contributed by atoms with Crippen LogP contribution in [0.1, 0.15) is 30.4 Å². The van der Waals surface area contributed by atoms with Crippen molar-refractivity contribution in [1.82, 2.24) is 9.88 Å². The van der Waals surface area contributed by atoms with Gasteiger partial charge in [-0.15, -0.1) is 0 Å². The molecule has 0 saturated carbocycles. The lowest BCUT2D eigenvalue weighted by atomic mass is 10.1. The molecule has 32 heavy (non-hydrogen) atoms. The molecule has 7 heteroatoms. The number of nitrogens with zero attached hydrogens (tertiary/aromatic N) is 3. The molecule has 0 bridgehead atoms. The molecule has 1 N–H and O–H groups in total. The number of amides is 1. The number of rotatable bonds is 8. The predicted octanol–water partition coefficient (Wildman–Crippen LogP) is 4.95. The van der Waals surface area contributed by atoms with Crippen molar-refractivity contribution < 1.29 is 9.53 Å². The summed E-state index contributed by atoms with van der Waals surface area (Å²) in [6.07, 6.45) is 8.89. The molecule has 1 amide bonds. The fourth-order valence-electron chi connectivity index (χ4n) is 3.64. The molecule has 162 valence electrons. The Morgan fingerprint density at radius 1 is 1.16 bits per heavy atom. The summed E-state index contributed by atoms with van der Waals surface area (Å²) < 4.78 is 8.00. The molecule has 0 atom stereocenters. The summed E-state index contributed by atoms with van der Waals surface area (Å²) in [5.74, 6) is 0.634. The van der Waals surface area contributed by atoms with Crippen LogP contribution in [0.25, 0.3) is 17.0 Å². The van der Waals surface area contributed by atoms with Gasteiger partial charge in [0.1, 0.15) is 11.4 Å². The van der Waals surface area contributed by atoms with Crippen LogP contribution < -0.4 is 10.1 Å². The van der Waals surface area contributed by atoms with E-state index in [2.05, 4.69) is 39.3 Å². The first-order valence-electron chi connectivity index (χ1n) is 10.5. The zero-order valence-electron chi connectivity index (χ0n) is 17.9. The molecular weight excluding hydrogens is 420 g/mol. The van der Waals surface area contributed by atoms with Crippen LogP contribution in [0.2, 0.25) is 0 Å². The molecule has 4 rings (SSSR count). The number of aryl methyl sites for hydroxylation is 1. The fraction of sp³-hybridized carbons (Fsp3) is 0.240. The number of fused-ring (bicyclic) bond motifs is 1. The van der Waals surface area contributed by atoms with Gasteiger partial charge in [-0.3, -0.25) is 10.1 Å². The fourth-order valence-corrected chi connectivity index (χ4v) is 4.03. The highest BCUT2D eigenvalue weighted by Crippen LogP contribution is 2.25. The molecule has 2 heterocycles. The van der Waals surface area contributed by atoms with E-state index in [1.807, 2.05) is 36.6 Å². The van der Waals surface area contributed by atoms with Crippen LogP contribution in [0.15, 0.2) is 65.4 Å². The smallest absolute Gasteiger partial charge is 0.275 e. The van der Waals surface area contributed by atoms with Crippen LogP contribution in [0.5, 0.6) is 5.75 Å². The monoisotopic (exact) mass is 444 g/mol. The number of aliphatic imine (C=N–C) groups is 1. The number of nitrogens with one attached hydrogen (secondary N) is 1. The lowest BCUT2D eigenvalue weighted by Gasteiger charge is -2.07. The minimum Gasteiger partial charge on any atom is -0.494 e. The SMILES string of the molecule is CSC1=N/C(=C\c2cn(CCCCCOc3ccc(C#N)cc3)c3ccccc23)C(=O)N1. The van der Waals surface area contributed by atoms with Crippen molar-refractivity contribution in [2.75, 3.05) is 12.9 Å². The molecule has 0 saturated heterocycles.